The molecule has 22 heavy (non-hydrogen) atoms. The van der Waals surface area contributed by atoms with Gasteiger partial charge in [-0.15, -0.1) is 0 Å². The molecule has 0 saturated carbocycles. The van der Waals surface area contributed by atoms with E-state index in [2.05, 4.69) is 5.32 Å². The predicted molar refractivity (Wildman–Crippen MR) is 82.6 cm³/mol. The summed E-state index contributed by atoms with van der Waals surface area (Å²) in [7, 11) is 3.28. The van der Waals surface area contributed by atoms with Crippen molar-refractivity contribution in [3.05, 3.63) is 23.7 Å². The molecule has 0 bridgehead atoms. The van der Waals surface area contributed by atoms with Crippen molar-refractivity contribution < 1.29 is 18.7 Å². The Morgan fingerprint density at radius 1 is 1.45 bits per heavy atom. The molecule has 6 heteroatoms. The van der Waals surface area contributed by atoms with Crippen LogP contribution in [0, 0.1) is 0 Å². The molecule has 0 spiro atoms. The molecule has 6 nitrogen and oxygen atoms in total. The molecule has 2 rings (SSSR count). The number of nitrogens with zero attached hydrogens (tertiary/aromatic N) is 1. The summed E-state index contributed by atoms with van der Waals surface area (Å²) in [5.41, 5.74) is -0.374. The van der Waals surface area contributed by atoms with Crippen LogP contribution >= 0.6 is 0 Å². The Morgan fingerprint density at radius 2 is 2.23 bits per heavy atom. The third-order valence-electron chi connectivity index (χ3n) is 4.03. The zero-order valence-corrected chi connectivity index (χ0v) is 13.8. The van der Waals surface area contributed by atoms with Gasteiger partial charge in [-0.05, 0) is 38.8 Å². The fraction of sp³-hybridized carbons (Fsp3) is 0.688. The first-order valence-corrected chi connectivity index (χ1v) is 7.64. The molecule has 1 aliphatic heterocycles. The first-order valence-electron chi connectivity index (χ1n) is 7.64. The number of urea groups is 1. The predicted octanol–water partition coefficient (Wildman–Crippen LogP) is 2.70. The summed E-state index contributed by atoms with van der Waals surface area (Å²) >= 11 is 0. The number of likely N-dealkylation sites (tertiary alicyclic amines) is 1. The van der Waals surface area contributed by atoms with Crippen molar-refractivity contribution in [1.29, 1.82) is 0 Å². The van der Waals surface area contributed by atoms with E-state index in [4.69, 9.17) is 13.9 Å². The van der Waals surface area contributed by atoms with Crippen LogP contribution < -0.4 is 5.32 Å². The number of methoxy groups -OCH3 is 2. The van der Waals surface area contributed by atoms with Gasteiger partial charge in [0.2, 0.25) is 0 Å². The Labute approximate surface area is 131 Å². The second-order valence-electron chi connectivity index (χ2n) is 6.21. The largest absolute Gasteiger partial charge is 0.461 e. The molecule has 1 N–H and O–H groups in total. The van der Waals surface area contributed by atoms with E-state index in [1.807, 2.05) is 30.9 Å². The number of hydrogen-bond acceptors (Lipinski definition) is 4. The average molecular weight is 310 g/mol. The van der Waals surface area contributed by atoms with E-state index in [1.165, 1.54) is 0 Å². The van der Waals surface area contributed by atoms with E-state index < -0.39 is 0 Å². The number of carbonyl (C=O) groups excluding carboxylic acids is 1. The molecule has 124 valence electrons. The van der Waals surface area contributed by atoms with Crippen molar-refractivity contribution >= 4 is 6.03 Å². The summed E-state index contributed by atoms with van der Waals surface area (Å²) in [6.07, 6.45) is 1.90. The van der Waals surface area contributed by atoms with Gasteiger partial charge in [0.25, 0.3) is 0 Å². The lowest BCUT2D eigenvalue weighted by Crippen LogP contribution is -2.46. The average Bonchev–Trinajstić information content (AvgIpc) is 3.13. The molecule has 1 aliphatic rings. The molecule has 0 radical (unpaired) electrons. The van der Waals surface area contributed by atoms with Crippen LogP contribution in [0.25, 0.3) is 0 Å². The van der Waals surface area contributed by atoms with Gasteiger partial charge in [-0.25, -0.2) is 4.79 Å². The number of furan rings is 1. The number of hydrogen-bond donors (Lipinski definition) is 1. The van der Waals surface area contributed by atoms with Crippen LogP contribution in [0.3, 0.4) is 0 Å². The highest BCUT2D eigenvalue weighted by atomic mass is 16.5. The first kappa shape index (κ1) is 16.8. The van der Waals surface area contributed by atoms with Crippen molar-refractivity contribution in [1.82, 2.24) is 10.2 Å². The van der Waals surface area contributed by atoms with E-state index in [0.29, 0.717) is 13.2 Å². The maximum absolute atomic E-state index is 12.4. The van der Waals surface area contributed by atoms with E-state index in [-0.39, 0.29) is 17.7 Å². The molecule has 1 fully saturated rings. The zero-order chi connectivity index (χ0) is 16.2. The Hall–Kier alpha value is -1.53. The highest BCUT2D eigenvalue weighted by Crippen LogP contribution is 2.33. The summed E-state index contributed by atoms with van der Waals surface area (Å²) in [4.78, 5) is 14.3. The fourth-order valence-electron chi connectivity index (χ4n) is 2.56. The lowest BCUT2D eigenvalue weighted by atomic mass is 10.1. The summed E-state index contributed by atoms with van der Waals surface area (Å²) in [5.74, 6) is 1.61. The van der Waals surface area contributed by atoms with Crippen molar-refractivity contribution in [3.8, 4) is 0 Å². The van der Waals surface area contributed by atoms with Gasteiger partial charge in [0.1, 0.15) is 18.1 Å². The second kappa shape index (κ2) is 7.15. The minimum absolute atomic E-state index is 0.00346. The maximum atomic E-state index is 12.4. The Morgan fingerprint density at radius 3 is 2.91 bits per heavy atom. The van der Waals surface area contributed by atoms with Gasteiger partial charge in [-0.3, -0.25) is 0 Å². The smallest absolute Gasteiger partial charge is 0.318 e. The van der Waals surface area contributed by atoms with Crippen molar-refractivity contribution in [3.63, 3.8) is 0 Å². The van der Waals surface area contributed by atoms with Gasteiger partial charge in [-0.1, -0.05) is 0 Å². The van der Waals surface area contributed by atoms with Crippen LogP contribution in [0.1, 0.15) is 44.3 Å². The Bertz CT molecular complexity index is 498. The minimum Gasteiger partial charge on any atom is -0.461 e. The molecule has 0 aliphatic carbocycles. The Balaban J connectivity index is 1.98. The molecular weight excluding hydrogens is 284 g/mol. The highest BCUT2D eigenvalue weighted by Gasteiger charge is 2.32. The van der Waals surface area contributed by atoms with Gasteiger partial charge in [0.05, 0.1) is 11.6 Å². The maximum Gasteiger partial charge on any atom is 0.318 e. The molecule has 1 aromatic heterocycles. The van der Waals surface area contributed by atoms with Crippen LogP contribution in [0.4, 0.5) is 4.79 Å². The lowest BCUT2D eigenvalue weighted by Gasteiger charge is -2.27. The molecular formula is C16H26N2O4. The molecule has 0 unspecified atom stereocenters. The zero-order valence-electron chi connectivity index (χ0n) is 13.8. The third kappa shape index (κ3) is 4.01. The molecule has 1 atom stereocenters. The summed E-state index contributed by atoms with van der Waals surface area (Å²) in [6.45, 7) is 5.54. The van der Waals surface area contributed by atoms with Crippen LogP contribution in [0.15, 0.2) is 16.5 Å². The normalized spacial score (nSPS) is 18.7. The quantitative estimate of drug-likeness (QED) is 0.877. The molecule has 1 aromatic rings. The number of nitrogens with one attached hydrogen (secondary N) is 1. The monoisotopic (exact) mass is 310 g/mol. The molecule has 2 heterocycles. The van der Waals surface area contributed by atoms with Gasteiger partial charge < -0.3 is 24.1 Å². The van der Waals surface area contributed by atoms with Crippen molar-refractivity contribution in [2.24, 2.45) is 0 Å². The van der Waals surface area contributed by atoms with Gasteiger partial charge in [-0.2, -0.15) is 0 Å². The SMILES string of the molecule is COCc1ccc([C@@H]2CCCN2C(=O)NCC(C)(C)OC)o1. The van der Waals surface area contributed by atoms with Crippen LogP contribution in [-0.4, -0.2) is 43.8 Å². The van der Waals surface area contributed by atoms with Gasteiger partial charge >= 0.3 is 6.03 Å². The minimum atomic E-state index is -0.374. The standard InChI is InChI=1S/C16H26N2O4/c1-16(2,21-4)11-17-15(19)18-9-5-6-13(18)14-8-7-12(22-14)10-20-3/h7-8,13H,5-6,9-11H2,1-4H3,(H,17,19)/t13-/m0/s1. The number of carbonyl (C=O) groups is 1. The first-order chi connectivity index (χ1) is 10.5. The second-order valence-corrected chi connectivity index (χ2v) is 6.21. The summed E-state index contributed by atoms with van der Waals surface area (Å²) in [5, 5.41) is 2.94. The Kier molecular flexibility index (Phi) is 5.47. The van der Waals surface area contributed by atoms with Gasteiger partial charge in [0.15, 0.2) is 0 Å². The van der Waals surface area contributed by atoms with Crippen LogP contribution in [0.5, 0.6) is 0 Å². The van der Waals surface area contributed by atoms with E-state index in [1.54, 1.807) is 14.2 Å². The number of rotatable bonds is 6. The van der Waals surface area contributed by atoms with Crippen molar-refractivity contribution in [2.45, 2.75) is 44.9 Å². The highest BCUT2D eigenvalue weighted by molar-refractivity contribution is 5.75. The molecule has 1 saturated heterocycles. The summed E-state index contributed by atoms with van der Waals surface area (Å²) in [6, 6.07) is 3.76. The van der Waals surface area contributed by atoms with E-state index in [9.17, 15) is 4.79 Å². The molecule has 2 amide bonds. The number of ether oxygens (including phenoxy) is 2. The molecule has 0 aromatic carbocycles. The summed E-state index contributed by atoms with van der Waals surface area (Å²) < 4.78 is 16.2. The third-order valence-corrected chi connectivity index (χ3v) is 4.03. The van der Waals surface area contributed by atoms with Crippen LogP contribution in [0.2, 0.25) is 0 Å². The van der Waals surface area contributed by atoms with Crippen LogP contribution in [-0.2, 0) is 16.1 Å². The van der Waals surface area contributed by atoms with Gasteiger partial charge in [0, 0.05) is 27.3 Å². The van der Waals surface area contributed by atoms with Crippen molar-refractivity contribution in [2.75, 3.05) is 27.3 Å². The lowest BCUT2D eigenvalue weighted by molar-refractivity contribution is 0.0241. The fourth-order valence-corrected chi connectivity index (χ4v) is 2.56. The number of amides is 2. The van der Waals surface area contributed by atoms with E-state index in [0.717, 1.165) is 30.9 Å². The van der Waals surface area contributed by atoms with E-state index >= 15 is 0 Å². The topological polar surface area (TPSA) is 63.9 Å².